The van der Waals surface area contributed by atoms with Gasteiger partial charge in [-0.25, -0.2) is 4.79 Å². The Kier molecular flexibility index (Phi) is 10.5. The van der Waals surface area contributed by atoms with Crippen LogP contribution in [-0.4, -0.2) is 64.2 Å². The van der Waals surface area contributed by atoms with E-state index in [1.54, 1.807) is 29.2 Å². The molecule has 0 radical (unpaired) electrons. The number of rotatable bonds is 13. The Labute approximate surface area is 312 Å². The number of thioether (sulfide) groups is 1. The topological polar surface area (TPSA) is 85.4 Å². The van der Waals surface area contributed by atoms with Crippen molar-refractivity contribution >= 4 is 40.6 Å². The lowest BCUT2D eigenvalue weighted by Crippen LogP contribution is -2.51. The van der Waals surface area contributed by atoms with E-state index < -0.39 is 23.0 Å². The molecule has 2 fully saturated rings. The van der Waals surface area contributed by atoms with Crippen molar-refractivity contribution in [3.05, 3.63) is 167 Å². The number of imide groups is 1. The van der Waals surface area contributed by atoms with Crippen molar-refractivity contribution in [1.82, 2.24) is 9.80 Å². The molecular formula is C42H37ClN2O6S. The van der Waals surface area contributed by atoms with Crippen LogP contribution in [0.2, 0.25) is 5.02 Å². The quantitative estimate of drug-likeness (QED) is 0.112. The molecule has 2 saturated heterocycles. The smallest absolute Gasteiger partial charge is 0.410 e. The molecule has 52 heavy (non-hydrogen) atoms. The van der Waals surface area contributed by atoms with Crippen LogP contribution in [0.1, 0.15) is 29.2 Å². The molecule has 0 aliphatic carbocycles. The van der Waals surface area contributed by atoms with E-state index in [9.17, 15) is 14.4 Å². The van der Waals surface area contributed by atoms with E-state index in [1.807, 2.05) is 122 Å². The molecule has 0 bridgehead atoms. The minimum absolute atomic E-state index is 0.217. The zero-order valence-electron chi connectivity index (χ0n) is 28.5. The number of nitrogens with zero attached hydrogens (tertiary/aromatic N) is 2. The number of halogens is 1. The van der Waals surface area contributed by atoms with E-state index in [0.29, 0.717) is 29.5 Å². The first-order chi connectivity index (χ1) is 25.3. The Balaban J connectivity index is 1.01. The first-order valence-corrected chi connectivity index (χ1v) is 18.4. The molecule has 2 unspecified atom stereocenters. The molecule has 0 N–H and O–H groups in total. The first kappa shape index (κ1) is 35.2. The predicted molar refractivity (Wildman–Crippen MR) is 202 cm³/mol. The summed E-state index contributed by atoms with van der Waals surface area (Å²) in [5, 5.41) is -0.326. The van der Waals surface area contributed by atoms with Crippen LogP contribution in [0, 0.1) is 0 Å². The number of hydrogen-bond acceptors (Lipinski definition) is 7. The van der Waals surface area contributed by atoms with Crippen LogP contribution in [0.3, 0.4) is 0 Å². The van der Waals surface area contributed by atoms with Gasteiger partial charge < -0.3 is 14.2 Å². The molecule has 2 aliphatic rings. The normalized spacial score (nSPS) is 18.0. The van der Waals surface area contributed by atoms with Crippen molar-refractivity contribution in [2.75, 3.05) is 19.8 Å². The highest BCUT2D eigenvalue weighted by Crippen LogP contribution is 2.48. The van der Waals surface area contributed by atoms with Crippen LogP contribution in [0.5, 0.6) is 11.5 Å². The summed E-state index contributed by atoms with van der Waals surface area (Å²) >= 11 is 7.10. The molecule has 264 valence electrons. The van der Waals surface area contributed by atoms with Crippen LogP contribution in [0.15, 0.2) is 140 Å². The van der Waals surface area contributed by atoms with Crippen LogP contribution in [0.4, 0.5) is 9.59 Å². The van der Waals surface area contributed by atoms with E-state index >= 15 is 0 Å². The van der Waals surface area contributed by atoms with Crippen LogP contribution >= 0.6 is 23.4 Å². The molecule has 0 saturated carbocycles. The van der Waals surface area contributed by atoms with Gasteiger partial charge in [0.1, 0.15) is 30.3 Å². The highest BCUT2D eigenvalue weighted by atomic mass is 35.5. The zero-order chi connectivity index (χ0) is 36.1. The lowest BCUT2D eigenvalue weighted by Gasteiger charge is -2.42. The molecule has 3 atom stereocenters. The summed E-state index contributed by atoms with van der Waals surface area (Å²) in [6.45, 7) is 2.76. The third-order valence-corrected chi connectivity index (χ3v) is 10.6. The molecule has 8 nitrogen and oxygen atoms in total. The van der Waals surface area contributed by atoms with Crippen LogP contribution in [0.25, 0.3) is 0 Å². The molecule has 0 spiro atoms. The maximum Gasteiger partial charge on any atom is 0.410 e. The van der Waals surface area contributed by atoms with Gasteiger partial charge in [0.05, 0.1) is 17.8 Å². The third kappa shape index (κ3) is 7.24. The summed E-state index contributed by atoms with van der Waals surface area (Å²) < 4.78 is 17.3. The molecule has 7 rings (SSSR count). The SMILES string of the molecule is CC(COc1ccc(CC2SC(=O)N(C(c3ccccc3)(c3ccccc3)c3ccccc3)C2=O)cc1)N1C[C@@H](COc2cccc(Cl)c2)OC1=O. The maximum atomic E-state index is 14.4. The number of amides is 3. The number of benzene rings is 5. The molecule has 2 aliphatic heterocycles. The second kappa shape index (κ2) is 15.6. The van der Waals surface area contributed by atoms with Crippen molar-refractivity contribution < 1.29 is 28.6 Å². The van der Waals surface area contributed by atoms with E-state index in [1.165, 1.54) is 4.90 Å². The van der Waals surface area contributed by atoms with E-state index in [2.05, 4.69) is 0 Å². The van der Waals surface area contributed by atoms with Crippen LogP contribution < -0.4 is 9.47 Å². The van der Waals surface area contributed by atoms with Gasteiger partial charge in [-0.05, 0) is 65.9 Å². The van der Waals surface area contributed by atoms with Gasteiger partial charge in [0, 0.05) is 5.02 Å². The highest BCUT2D eigenvalue weighted by Gasteiger charge is 2.54. The summed E-state index contributed by atoms with van der Waals surface area (Å²) in [6, 6.07) is 43.6. The number of ether oxygens (including phenoxy) is 3. The van der Waals surface area contributed by atoms with Gasteiger partial charge in [-0.2, -0.15) is 0 Å². The highest BCUT2D eigenvalue weighted by molar-refractivity contribution is 8.15. The van der Waals surface area contributed by atoms with Crippen LogP contribution in [-0.2, 0) is 21.5 Å². The second-order valence-electron chi connectivity index (χ2n) is 12.8. The van der Waals surface area contributed by atoms with Crippen molar-refractivity contribution in [2.24, 2.45) is 0 Å². The Morgan fingerprint density at radius 2 is 1.37 bits per heavy atom. The minimum Gasteiger partial charge on any atom is -0.491 e. The Bertz CT molecular complexity index is 1920. The summed E-state index contributed by atoms with van der Waals surface area (Å²) in [5.41, 5.74) is 2.23. The van der Waals surface area contributed by atoms with Gasteiger partial charge in [-0.3, -0.25) is 19.4 Å². The molecular weight excluding hydrogens is 696 g/mol. The molecule has 5 aromatic carbocycles. The first-order valence-electron chi connectivity index (χ1n) is 17.1. The van der Waals surface area contributed by atoms with Gasteiger partial charge in [0.2, 0.25) is 5.91 Å². The Morgan fingerprint density at radius 1 is 0.769 bits per heavy atom. The molecule has 3 amide bonds. The lowest BCUT2D eigenvalue weighted by molar-refractivity contribution is -0.129. The fourth-order valence-electron chi connectivity index (χ4n) is 6.79. The minimum atomic E-state index is -1.15. The van der Waals surface area contributed by atoms with Gasteiger partial charge in [0.25, 0.3) is 5.24 Å². The van der Waals surface area contributed by atoms with E-state index in [4.69, 9.17) is 25.8 Å². The average Bonchev–Trinajstić information content (AvgIpc) is 3.69. The summed E-state index contributed by atoms with van der Waals surface area (Å²) in [5.74, 6) is 0.999. The van der Waals surface area contributed by atoms with Crippen molar-refractivity contribution in [3.63, 3.8) is 0 Å². The summed E-state index contributed by atoms with van der Waals surface area (Å²) in [4.78, 5) is 44.1. The van der Waals surface area contributed by atoms with Crippen molar-refractivity contribution in [3.8, 4) is 11.5 Å². The zero-order valence-corrected chi connectivity index (χ0v) is 30.0. The second-order valence-corrected chi connectivity index (χ2v) is 14.4. The fourth-order valence-corrected chi connectivity index (χ4v) is 8.03. The molecule has 2 heterocycles. The lowest BCUT2D eigenvalue weighted by atomic mass is 9.75. The third-order valence-electron chi connectivity index (χ3n) is 9.33. The van der Waals surface area contributed by atoms with Gasteiger partial charge in [0.15, 0.2) is 6.10 Å². The Hall–Kier alpha value is -5.25. The number of cyclic esters (lactones) is 1. The average molecular weight is 733 g/mol. The Morgan fingerprint density at radius 3 is 1.94 bits per heavy atom. The van der Waals surface area contributed by atoms with Gasteiger partial charge in [-0.15, -0.1) is 0 Å². The number of hydrogen-bond donors (Lipinski definition) is 0. The van der Waals surface area contributed by atoms with Crippen molar-refractivity contribution in [1.29, 1.82) is 0 Å². The number of carbonyl (C=O) groups is 3. The standard InChI is InChI=1S/C42H37ClN2O6S/c1-29(44-26-37(51-40(44)47)28-50-36-19-11-18-34(43)25-36)27-49-35-22-20-30(21-23-35)24-38-39(46)45(41(48)52-38)42(31-12-5-2-6-13-31,32-14-7-3-8-15-32)33-16-9-4-10-17-33/h2-23,25,29,37-38H,24,26-28H2,1H3/t29?,37-,38?/m0/s1. The van der Waals surface area contributed by atoms with E-state index in [0.717, 1.165) is 34.0 Å². The largest absolute Gasteiger partial charge is 0.491 e. The predicted octanol–water partition coefficient (Wildman–Crippen LogP) is 8.61. The molecule has 10 heteroatoms. The van der Waals surface area contributed by atoms with Gasteiger partial charge in [-0.1, -0.05) is 133 Å². The summed E-state index contributed by atoms with van der Waals surface area (Å²) in [6.07, 6.45) is -0.454. The maximum absolute atomic E-state index is 14.4. The van der Waals surface area contributed by atoms with Crippen molar-refractivity contribution in [2.45, 2.75) is 36.3 Å². The van der Waals surface area contributed by atoms with Gasteiger partial charge >= 0.3 is 6.09 Å². The summed E-state index contributed by atoms with van der Waals surface area (Å²) in [7, 11) is 0. The monoisotopic (exact) mass is 732 g/mol. The molecule has 0 aromatic heterocycles. The number of carbonyl (C=O) groups excluding carboxylic acids is 3. The molecule has 5 aromatic rings. The van der Waals surface area contributed by atoms with E-state index in [-0.39, 0.29) is 30.4 Å². The fraction of sp³-hybridized carbons (Fsp3) is 0.214.